The van der Waals surface area contributed by atoms with E-state index in [0.29, 0.717) is 12.5 Å². The molecule has 0 bridgehead atoms. The minimum absolute atomic E-state index is 0.269. The van der Waals surface area contributed by atoms with Crippen LogP contribution in [0.4, 0.5) is 0 Å². The average Bonchev–Trinajstić information content (AvgIpc) is 2.70. The van der Waals surface area contributed by atoms with E-state index in [4.69, 9.17) is 0 Å². The summed E-state index contributed by atoms with van der Waals surface area (Å²) in [7, 11) is 3.83. The van der Waals surface area contributed by atoms with E-state index in [1.54, 1.807) is 0 Å². The summed E-state index contributed by atoms with van der Waals surface area (Å²) in [4.78, 5) is 13.6. The SMILES string of the molecule is CNCCCN(C)C(=O)CC1CCCN1. The van der Waals surface area contributed by atoms with Crippen LogP contribution in [-0.4, -0.2) is 50.6 Å². The molecular weight excluding hydrogens is 190 g/mol. The quantitative estimate of drug-likeness (QED) is 0.619. The molecule has 0 aromatic carbocycles. The molecule has 15 heavy (non-hydrogen) atoms. The molecule has 1 heterocycles. The highest BCUT2D eigenvalue weighted by atomic mass is 16.2. The fourth-order valence-corrected chi connectivity index (χ4v) is 1.92. The summed E-state index contributed by atoms with van der Waals surface area (Å²) in [5, 5.41) is 6.43. The molecule has 88 valence electrons. The van der Waals surface area contributed by atoms with Crippen molar-refractivity contribution in [3.05, 3.63) is 0 Å². The zero-order chi connectivity index (χ0) is 11.1. The molecule has 1 amide bonds. The number of hydrogen-bond acceptors (Lipinski definition) is 3. The maximum atomic E-state index is 11.8. The molecule has 4 nitrogen and oxygen atoms in total. The lowest BCUT2D eigenvalue weighted by molar-refractivity contribution is -0.130. The Kier molecular flexibility index (Phi) is 5.65. The molecule has 4 heteroatoms. The minimum atomic E-state index is 0.269. The predicted molar refractivity (Wildman–Crippen MR) is 61.8 cm³/mol. The van der Waals surface area contributed by atoms with Crippen molar-refractivity contribution in [3.8, 4) is 0 Å². The summed E-state index contributed by atoms with van der Waals surface area (Å²) in [6.45, 7) is 2.90. The highest BCUT2D eigenvalue weighted by Crippen LogP contribution is 2.09. The summed E-state index contributed by atoms with van der Waals surface area (Å²) in [6.07, 6.45) is 4.05. The van der Waals surface area contributed by atoms with Gasteiger partial charge in [-0.25, -0.2) is 0 Å². The van der Waals surface area contributed by atoms with Gasteiger partial charge in [0.05, 0.1) is 0 Å². The van der Waals surface area contributed by atoms with E-state index in [2.05, 4.69) is 10.6 Å². The molecule has 1 atom stereocenters. The van der Waals surface area contributed by atoms with Gasteiger partial charge in [0.25, 0.3) is 0 Å². The topological polar surface area (TPSA) is 44.4 Å². The van der Waals surface area contributed by atoms with Gasteiger partial charge in [-0.15, -0.1) is 0 Å². The van der Waals surface area contributed by atoms with Crippen LogP contribution in [-0.2, 0) is 4.79 Å². The molecule has 1 saturated heterocycles. The third kappa shape index (κ3) is 4.62. The van der Waals surface area contributed by atoms with E-state index in [-0.39, 0.29) is 5.91 Å². The van der Waals surface area contributed by atoms with Crippen LogP contribution in [0.1, 0.15) is 25.7 Å². The predicted octanol–water partition coefficient (Wildman–Crippen LogP) is 0.196. The van der Waals surface area contributed by atoms with Crippen LogP contribution in [0.2, 0.25) is 0 Å². The Morgan fingerprint density at radius 1 is 1.60 bits per heavy atom. The van der Waals surface area contributed by atoms with Gasteiger partial charge in [-0.2, -0.15) is 0 Å². The Bertz CT molecular complexity index is 190. The van der Waals surface area contributed by atoms with E-state index >= 15 is 0 Å². The van der Waals surface area contributed by atoms with Gasteiger partial charge in [0.15, 0.2) is 0 Å². The van der Waals surface area contributed by atoms with Crippen LogP contribution >= 0.6 is 0 Å². The molecule has 0 aromatic heterocycles. The lowest BCUT2D eigenvalue weighted by atomic mass is 10.1. The van der Waals surface area contributed by atoms with Gasteiger partial charge < -0.3 is 15.5 Å². The Hall–Kier alpha value is -0.610. The normalized spacial score (nSPS) is 20.5. The highest BCUT2D eigenvalue weighted by molar-refractivity contribution is 5.76. The number of nitrogens with zero attached hydrogens (tertiary/aromatic N) is 1. The van der Waals surface area contributed by atoms with E-state index in [1.807, 2.05) is 19.0 Å². The minimum Gasteiger partial charge on any atom is -0.346 e. The lowest BCUT2D eigenvalue weighted by Crippen LogP contribution is -2.34. The molecular formula is C11H23N3O. The third-order valence-electron chi connectivity index (χ3n) is 2.93. The Balaban J connectivity index is 2.14. The van der Waals surface area contributed by atoms with Crippen molar-refractivity contribution in [1.82, 2.24) is 15.5 Å². The Morgan fingerprint density at radius 2 is 2.40 bits per heavy atom. The Morgan fingerprint density at radius 3 is 3.00 bits per heavy atom. The van der Waals surface area contributed by atoms with Gasteiger partial charge >= 0.3 is 0 Å². The maximum Gasteiger partial charge on any atom is 0.223 e. The summed E-state index contributed by atoms with van der Waals surface area (Å²) in [5.74, 6) is 0.269. The molecule has 0 aromatic rings. The molecule has 0 aliphatic carbocycles. The molecule has 1 unspecified atom stereocenters. The van der Waals surface area contributed by atoms with Gasteiger partial charge in [0.1, 0.15) is 0 Å². The van der Waals surface area contributed by atoms with E-state index in [9.17, 15) is 4.79 Å². The van der Waals surface area contributed by atoms with Crippen molar-refractivity contribution < 1.29 is 4.79 Å². The second kappa shape index (κ2) is 6.80. The first-order valence-electron chi connectivity index (χ1n) is 5.86. The summed E-state index contributed by atoms with van der Waals surface area (Å²) in [6, 6.07) is 0.421. The molecule has 1 fully saturated rings. The third-order valence-corrected chi connectivity index (χ3v) is 2.93. The van der Waals surface area contributed by atoms with Crippen LogP contribution in [0.5, 0.6) is 0 Å². The van der Waals surface area contributed by atoms with Gasteiger partial charge in [-0.3, -0.25) is 4.79 Å². The van der Waals surface area contributed by atoms with Crippen molar-refractivity contribution in [1.29, 1.82) is 0 Å². The molecule has 0 saturated carbocycles. The summed E-state index contributed by atoms with van der Waals surface area (Å²) in [5.41, 5.74) is 0. The van der Waals surface area contributed by atoms with E-state index in [1.165, 1.54) is 6.42 Å². The van der Waals surface area contributed by atoms with Crippen LogP contribution in [0, 0.1) is 0 Å². The second-order valence-corrected chi connectivity index (χ2v) is 4.27. The van der Waals surface area contributed by atoms with Crippen LogP contribution in [0.15, 0.2) is 0 Å². The molecule has 1 aliphatic rings. The van der Waals surface area contributed by atoms with Gasteiger partial charge in [0, 0.05) is 26.1 Å². The standard InChI is InChI=1S/C11H23N3O/c1-12-6-4-8-14(2)11(15)9-10-5-3-7-13-10/h10,12-13H,3-9H2,1-2H3. The van der Waals surface area contributed by atoms with E-state index in [0.717, 1.165) is 32.5 Å². The van der Waals surface area contributed by atoms with Crippen LogP contribution < -0.4 is 10.6 Å². The summed E-state index contributed by atoms with van der Waals surface area (Å²) >= 11 is 0. The largest absolute Gasteiger partial charge is 0.346 e. The molecule has 0 radical (unpaired) electrons. The molecule has 1 aliphatic heterocycles. The second-order valence-electron chi connectivity index (χ2n) is 4.27. The maximum absolute atomic E-state index is 11.8. The highest BCUT2D eigenvalue weighted by Gasteiger charge is 2.19. The lowest BCUT2D eigenvalue weighted by Gasteiger charge is -2.19. The van der Waals surface area contributed by atoms with Gasteiger partial charge in [-0.05, 0) is 39.4 Å². The van der Waals surface area contributed by atoms with Crippen molar-refractivity contribution in [2.75, 3.05) is 33.7 Å². The zero-order valence-corrected chi connectivity index (χ0v) is 9.88. The number of amides is 1. The molecule has 2 N–H and O–H groups in total. The van der Waals surface area contributed by atoms with Gasteiger partial charge in [0.2, 0.25) is 5.91 Å². The number of carbonyl (C=O) groups is 1. The first-order chi connectivity index (χ1) is 7.24. The smallest absolute Gasteiger partial charge is 0.223 e. The number of rotatable bonds is 6. The summed E-state index contributed by atoms with van der Waals surface area (Å²) < 4.78 is 0. The molecule has 0 spiro atoms. The number of hydrogen-bond donors (Lipinski definition) is 2. The van der Waals surface area contributed by atoms with E-state index < -0.39 is 0 Å². The van der Waals surface area contributed by atoms with Crippen LogP contribution in [0.3, 0.4) is 0 Å². The van der Waals surface area contributed by atoms with Crippen molar-refractivity contribution in [3.63, 3.8) is 0 Å². The fourth-order valence-electron chi connectivity index (χ4n) is 1.92. The van der Waals surface area contributed by atoms with Crippen molar-refractivity contribution >= 4 is 5.91 Å². The zero-order valence-electron chi connectivity index (χ0n) is 9.88. The number of carbonyl (C=O) groups excluding carboxylic acids is 1. The average molecular weight is 213 g/mol. The Labute approximate surface area is 92.4 Å². The van der Waals surface area contributed by atoms with Crippen LogP contribution in [0.25, 0.3) is 0 Å². The first kappa shape index (κ1) is 12.5. The van der Waals surface area contributed by atoms with Crippen molar-refractivity contribution in [2.45, 2.75) is 31.7 Å². The molecule has 1 rings (SSSR count). The van der Waals surface area contributed by atoms with Crippen molar-refractivity contribution in [2.24, 2.45) is 0 Å². The monoisotopic (exact) mass is 213 g/mol. The number of nitrogens with one attached hydrogen (secondary N) is 2. The van der Waals surface area contributed by atoms with Gasteiger partial charge in [-0.1, -0.05) is 0 Å². The fraction of sp³-hybridized carbons (Fsp3) is 0.909. The first-order valence-corrected chi connectivity index (χ1v) is 5.86.